The molecular formula is C9H14BrN. The lowest BCUT2D eigenvalue weighted by atomic mass is 10.3. The van der Waals surface area contributed by atoms with Crippen LogP contribution in [0.1, 0.15) is 23.9 Å². The minimum Gasteiger partial charge on any atom is -0.348 e. The van der Waals surface area contributed by atoms with E-state index in [1.165, 1.54) is 21.4 Å². The summed E-state index contributed by atoms with van der Waals surface area (Å²) in [5.74, 6) is 0. The van der Waals surface area contributed by atoms with Crippen LogP contribution in [0.3, 0.4) is 0 Å². The first-order chi connectivity index (χ1) is 5.09. The van der Waals surface area contributed by atoms with Gasteiger partial charge in [-0.15, -0.1) is 0 Å². The Morgan fingerprint density at radius 3 is 1.91 bits per heavy atom. The first-order valence-corrected chi connectivity index (χ1v) is 4.70. The van der Waals surface area contributed by atoms with Crippen molar-refractivity contribution in [2.75, 3.05) is 0 Å². The summed E-state index contributed by atoms with van der Waals surface area (Å²) in [6.07, 6.45) is 0. The normalized spacial score (nSPS) is 10.6. The van der Waals surface area contributed by atoms with E-state index in [9.17, 15) is 0 Å². The summed E-state index contributed by atoms with van der Waals surface area (Å²) in [6.45, 7) is 9.69. The lowest BCUT2D eigenvalue weighted by molar-refractivity contribution is 0.715. The maximum Gasteiger partial charge on any atom is 0.0413 e. The van der Waals surface area contributed by atoms with Gasteiger partial charge in [0.2, 0.25) is 0 Å². The first-order valence-electron chi connectivity index (χ1n) is 3.91. The molecule has 1 aromatic rings. The van der Waals surface area contributed by atoms with Gasteiger partial charge in [-0.1, -0.05) is 0 Å². The summed E-state index contributed by atoms with van der Waals surface area (Å²) in [5, 5.41) is 0. The number of rotatable bonds is 1. The van der Waals surface area contributed by atoms with E-state index in [2.05, 4.69) is 48.2 Å². The molecule has 0 N–H and O–H groups in total. The minimum absolute atomic E-state index is 1.06. The van der Waals surface area contributed by atoms with Crippen molar-refractivity contribution in [2.45, 2.75) is 34.2 Å². The highest BCUT2D eigenvalue weighted by atomic mass is 79.9. The largest absolute Gasteiger partial charge is 0.348 e. The van der Waals surface area contributed by atoms with E-state index in [4.69, 9.17) is 0 Å². The Labute approximate surface area is 76.5 Å². The van der Waals surface area contributed by atoms with Gasteiger partial charge in [-0.3, -0.25) is 0 Å². The Morgan fingerprint density at radius 2 is 1.73 bits per heavy atom. The van der Waals surface area contributed by atoms with Gasteiger partial charge in [-0.2, -0.15) is 0 Å². The number of hydrogen-bond acceptors (Lipinski definition) is 0. The molecular weight excluding hydrogens is 202 g/mol. The van der Waals surface area contributed by atoms with Crippen LogP contribution in [0.5, 0.6) is 0 Å². The summed E-state index contributed by atoms with van der Waals surface area (Å²) < 4.78 is 3.58. The van der Waals surface area contributed by atoms with Crippen molar-refractivity contribution in [3.63, 3.8) is 0 Å². The number of halogens is 1. The van der Waals surface area contributed by atoms with Gasteiger partial charge < -0.3 is 4.57 Å². The van der Waals surface area contributed by atoms with E-state index in [0.717, 1.165) is 6.54 Å². The van der Waals surface area contributed by atoms with E-state index in [1.807, 2.05) is 0 Å². The molecule has 1 heterocycles. The van der Waals surface area contributed by atoms with Gasteiger partial charge in [-0.05, 0) is 49.2 Å². The Bertz CT molecular complexity index is 248. The summed E-state index contributed by atoms with van der Waals surface area (Å²) in [5.41, 5.74) is 4.07. The van der Waals surface area contributed by atoms with Crippen molar-refractivity contribution in [1.29, 1.82) is 0 Å². The third kappa shape index (κ3) is 1.24. The quantitative estimate of drug-likeness (QED) is 0.679. The summed E-state index contributed by atoms with van der Waals surface area (Å²) >= 11 is 3.57. The van der Waals surface area contributed by atoms with Gasteiger partial charge in [0.05, 0.1) is 0 Å². The van der Waals surface area contributed by atoms with E-state index in [0.29, 0.717) is 0 Å². The molecule has 0 unspecified atom stereocenters. The number of nitrogens with zero attached hydrogens (tertiary/aromatic N) is 1. The Hall–Kier alpha value is -0.240. The van der Waals surface area contributed by atoms with Gasteiger partial charge in [0, 0.05) is 22.4 Å². The molecule has 1 nitrogen and oxygen atoms in total. The van der Waals surface area contributed by atoms with Crippen molar-refractivity contribution in [3.05, 3.63) is 21.4 Å². The van der Waals surface area contributed by atoms with Crippen molar-refractivity contribution < 1.29 is 0 Å². The molecule has 0 aromatic carbocycles. The highest BCUT2D eigenvalue weighted by molar-refractivity contribution is 9.10. The van der Waals surface area contributed by atoms with Crippen LogP contribution in [0.15, 0.2) is 4.47 Å². The van der Waals surface area contributed by atoms with Crippen LogP contribution >= 0.6 is 15.9 Å². The van der Waals surface area contributed by atoms with E-state index >= 15 is 0 Å². The molecule has 2 heteroatoms. The molecule has 0 aliphatic rings. The topological polar surface area (TPSA) is 4.93 Å². The summed E-state index contributed by atoms with van der Waals surface area (Å²) in [7, 11) is 0. The molecule has 62 valence electrons. The molecule has 0 atom stereocenters. The highest BCUT2D eigenvalue weighted by Crippen LogP contribution is 2.26. The standard InChI is InChI=1S/C9H14BrN/c1-5-11-7(3)6(2)9(10)8(11)4/h5H2,1-4H3. The third-order valence-electron chi connectivity index (χ3n) is 2.32. The molecule has 0 aliphatic carbocycles. The van der Waals surface area contributed by atoms with Gasteiger partial charge in [-0.25, -0.2) is 0 Å². The lowest BCUT2D eigenvalue weighted by Crippen LogP contribution is -1.98. The van der Waals surface area contributed by atoms with E-state index < -0.39 is 0 Å². The number of aromatic nitrogens is 1. The van der Waals surface area contributed by atoms with Crippen LogP contribution in [0.25, 0.3) is 0 Å². The summed E-state index contributed by atoms with van der Waals surface area (Å²) in [4.78, 5) is 0. The molecule has 0 saturated carbocycles. The maximum atomic E-state index is 3.57. The fourth-order valence-corrected chi connectivity index (χ4v) is 1.98. The maximum absolute atomic E-state index is 3.57. The smallest absolute Gasteiger partial charge is 0.0413 e. The van der Waals surface area contributed by atoms with Crippen LogP contribution in [-0.4, -0.2) is 4.57 Å². The van der Waals surface area contributed by atoms with Gasteiger partial charge >= 0.3 is 0 Å². The van der Waals surface area contributed by atoms with Crippen molar-refractivity contribution in [2.24, 2.45) is 0 Å². The lowest BCUT2D eigenvalue weighted by Gasteiger charge is -2.03. The van der Waals surface area contributed by atoms with E-state index in [-0.39, 0.29) is 0 Å². The predicted molar refractivity (Wildman–Crippen MR) is 52.0 cm³/mol. The second-order valence-electron chi connectivity index (χ2n) is 2.85. The molecule has 0 radical (unpaired) electrons. The second kappa shape index (κ2) is 3.02. The molecule has 0 fully saturated rings. The zero-order chi connectivity index (χ0) is 8.59. The number of hydrogen-bond donors (Lipinski definition) is 0. The molecule has 0 aliphatic heterocycles. The van der Waals surface area contributed by atoms with Gasteiger partial charge in [0.25, 0.3) is 0 Å². The van der Waals surface area contributed by atoms with Gasteiger partial charge in [0.1, 0.15) is 0 Å². The SMILES string of the molecule is CCn1c(C)c(C)c(Br)c1C. The van der Waals surface area contributed by atoms with Crippen LogP contribution in [-0.2, 0) is 6.54 Å². The molecule has 0 spiro atoms. The van der Waals surface area contributed by atoms with Crippen molar-refractivity contribution >= 4 is 15.9 Å². The van der Waals surface area contributed by atoms with Crippen LogP contribution in [0, 0.1) is 20.8 Å². The highest BCUT2D eigenvalue weighted by Gasteiger charge is 2.09. The second-order valence-corrected chi connectivity index (χ2v) is 3.65. The fourth-order valence-electron chi connectivity index (χ4n) is 1.48. The van der Waals surface area contributed by atoms with Crippen molar-refractivity contribution in [1.82, 2.24) is 4.57 Å². The molecule has 0 bridgehead atoms. The average Bonchev–Trinajstić information content (AvgIpc) is 2.17. The minimum atomic E-state index is 1.06. The third-order valence-corrected chi connectivity index (χ3v) is 3.48. The molecule has 0 amide bonds. The predicted octanol–water partition coefficient (Wildman–Crippen LogP) is 3.20. The van der Waals surface area contributed by atoms with E-state index in [1.54, 1.807) is 0 Å². The fraction of sp³-hybridized carbons (Fsp3) is 0.556. The zero-order valence-electron chi connectivity index (χ0n) is 7.53. The van der Waals surface area contributed by atoms with Crippen LogP contribution < -0.4 is 0 Å². The van der Waals surface area contributed by atoms with Crippen LogP contribution in [0.4, 0.5) is 0 Å². The summed E-state index contributed by atoms with van der Waals surface area (Å²) in [6, 6.07) is 0. The zero-order valence-corrected chi connectivity index (χ0v) is 9.12. The Balaban J connectivity index is 3.36. The molecule has 0 saturated heterocycles. The van der Waals surface area contributed by atoms with Crippen molar-refractivity contribution in [3.8, 4) is 0 Å². The molecule has 1 aromatic heterocycles. The molecule has 1 rings (SSSR count). The average molecular weight is 216 g/mol. The van der Waals surface area contributed by atoms with Gasteiger partial charge in [0.15, 0.2) is 0 Å². The monoisotopic (exact) mass is 215 g/mol. The Kier molecular flexibility index (Phi) is 2.43. The molecule has 11 heavy (non-hydrogen) atoms. The Morgan fingerprint density at radius 1 is 1.18 bits per heavy atom. The van der Waals surface area contributed by atoms with Crippen LogP contribution in [0.2, 0.25) is 0 Å². The first kappa shape index (κ1) is 8.85.